The third-order valence-corrected chi connectivity index (χ3v) is 3.79. The third-order valence-electron chi connectivity index (χ3n) is 3.79. The second-order valence-corrected chi connectivity index (χ2v) is 4.95. The van der Waals surface area contributed by atoms with Crippen LogP contribution in [0.5, 0.6) is 0 Å². The highest BCUT2D eigenvalue weighted by molar-refractivity contribution is 5.79. The van der Waals surface area contributed by atoms with Crippen LogP contribution in [0.25, 0.3) is 0 Å². The second kappa shape index (κ2) is 5.29. The molecule has 0 bridgehead atoms. The van der Waals surface area contributed by atoms with Crippen molar-refractivity contribution in [1.82, 2.24) is 0 Å². The Bertz CT molecular complexity index is 336. The Morgan fingerprint density at radius 2 is 1.88 bits per heavy atom. The summed E-state index contributed by atoms with van der Waals surface area (Å²) >= 11 is 0. The van der Waals surface area contributed by atoms with Crippen LogP contribution >= 0.6 is 0 Å². The number of benzene rings is 1. The van der Waals surface area contributed by atoms with Gasteiger partial charge in [0, 0.05) is 5.92 Å². The molecule has 0 aliphatic heterocycles. The van der Waals surface area contributed by atoms with Gasteiger partial charge in [-0.05, 0) is 37.7 Å². The molecule has 1 nitrogen and oxygen atoms in total. The van der Waals surface area contributed by atoms with Gasteiger partial charge in [-0.25, -0.2) is 0 Å². The van der Waals surface area contributed by atoms with Gasteiger partial charge in [-0.15, -0.1) is 0 Å². The number of ketones is 1. The summed E-state index contributed by atoms with van der Waals surface area (Å²) in [7, 11) is 0. The molecule has 0 saturated heterocycles. The zero-order chi connectivity index (χ0) is 11.4. The Hall–Kier alpha value is -1.11. The Kier molecular flexibility index (Phi) is 3.76. The molecule has 16 heavy (non-hydrogen) atoms. The molecule has 0 N–H and O–H groups in total. The van der Waals surface area contributed by atoms with E-state index in [1.165, 1.54) is 31.2 Å². The molecule has 0 spiro atoms. The van der Waals surface area contributed by atoms with E-state index in [0.29, 0.717) is 11.7 Å². The average Bonchev–Trinajstić information content (AvgIpc) is 2.80. The molecule has 1 aliphatic carbocycles. The normalized spacial score (nSPS) is 18.6. The van der Waals surface area contributed by atoms with E-state index in [9.17, 15) is 4.79 Å². The van der Waals surface area contributed by atoms with Gasteiger partial charge in [-0.3, -0.25) is 4.79 Å². The first-order valence-electron chi connectivity index (χ1n) is 6.32. The Morgan fingerprint density at radius 1 is 1.25 bits per heavy atom. The maximum absolute atomic E-state index is 11.7. The van der Waals surface area contributed by atoms with Crippen LogP contribution in [0, 0.1) is 11.8 Å². The molecule has 1 heteroatoms. The van der Waals surface area contributed by atoms with Crippen LogP contribution in [0.15, 0.2) is 30.3 Å². The number of Topliss-reactive ketones (excluding diaryl/α,β-unsaturated/α-hetero) is 1. The quantitative estimate of drug-likeness (QED) is 0.751. The van der Waals surface area contributed by atoms with Crippen molar-refractivity contribution in [1.29, 1.82) is 0 Å². The van der Waals surface area contributed by atoms with Crippen LogP contribution in [0.3, 0.4) is 0 Å². The first-order chi connectivity index (χ1) is 7.77. The van der Waals surface area contributed by atoms with Crippen LogP contribution < -0.4 is 0 Å². The lowest BCUT2D eigenvalue weighted by molar-refractivity contribution is -0.122. The first-order valence-corrected chi connectivity index (χ1v) is 6.32. The Labute approximate surface area is 97.9 Å². The van der Waals surface area contributed by atoms with E-state index >= 15 is 0 Å². The minimum Gasteiger partial charge on any atom is -0.300 e. The van der Waals surface area contributed by atoms with Crippen molar-refractivity contribution in [3.63, 3.8) is 0 Å². The molecule has 1 aromatic carbocycles. The number of rotatable bonds is 4. The van der Waals surface area contributed by atoms with Gasteiger partial charge < -0.3 is 0 Å². The summed E-state index contributed by atoms with van der Waals surface area (Å²) < 4.78 is 0. The monoisotopic (exact) mass is 216 g/mol. The van der Waals surface area contributed by atoms with Gasteiger partial charge >= 0.3 is 0 Å². The molecule has 2 rings (SSSR count). The molecule has 86 valence electrons. The topological polar surface area (TPSA) is 17.1 Å². The summed E-state index contributed by atoms with van der Waals surface area (Å²) in [4.78, 5) is 11.7. The molecular weight excluding hydrogens is 196 g/mol. The number of carbonyl (C=O) groups excluding carboxylic acids is 1. The van der Waals surface area contributed by atoms with Crippen LogP contribution in [0.2, 0.25) is 0 Å². The van der Waals surface area contributed by atoms with Crippen molar-refractivity contribution in [3.05, 3.63) is 35.9 Å². The number of carbonyl (C=O) groups is 1. The van der Waals surface area contributed by atoms with Crippen LogP contribution in [0.4, 0.5) is 0 Å². The second-order valence-electron chi connectivity index (χ2n) is 4.95. The highest BCUT2D eigenvalue weighted by Gasteiger charge is 2.28. The van der Waals surface area contributed by atoms with Gasteiger partial charge in [0.1, 0.15) is 5.78 Å². The van der Waals surface area contributed by atoms with E-state index in [2.05, 4.69) is 24.3 Å². The predicted octanol–water partition coefficient (Wildman–Crippen LogP) is 3.62. The Morgan fingerprint density at radius 3 is 2.44 bits per heavy atom. The van der Waals surface area contributed by atoms with E-state index in [0.717, 1.165) is 6.42 Å². The number of hydrogen-bond acceptors (Lipinski definition) is 1. The standard InChI is InChI=1S/C15H20O/c1-12(16)15(14-9-5-6-10-14)11-13-7-3-2-4-8-13/h2-4,7-8,14-15H,5-6,9-11H2,1H3. The zero-order valence-corrected chi connectivity index (χ0v) is 9.99. The van der Waals surface area contributed by atoms with Gasteiger partial charge in [0.05, 0.1) is 0 Å². The van der Waals surface area contributed by atoms with E-state index in [-0.39, 0.29) is 5.92 Å². The van der Waals surface area contributed by atoms with Crippen molar-refractivity contribution in [2.75, 3.05) is 0 Å². The van der Waals surface area contributed by atoms with Crippen LogP contribution in [-0.4, -0.2) is 5.78 Å². The summed E-state index contributed by atoms with van der Waals surface area (Å²) in [5.41, 5.74) is 1.30. The van der Waals surface area contributed by atoms with Crippen molar-refractivity contribution >= 4 is 5.78 Å². The van der Waals surface area contributed by atoms with Gasteiger partial charge in [-0.1, -0.05) is 43.2 Å². The summed E-state index contributed by atoms with van der Waals surface area (Å²) in [6.07, 6.45) is 6.04. The van der Waals surface area contributed by atoms with Gasteiger partial charge in [0.15, 0.2) is 0 Å². The highest BCUT2D eigenvalue weighted by Crippen LogP contribution is 2.33. The third kappa shape index (κ3) is 2.72. The molecule has 0 amide bonds. The van der Waals surface area contributed by atoms with Crippen molar-refractivity contribution in [2.45, 2.75) is 39.0 Å². The lowest BCUT2D eigenvalue weighted by atomic mass is 9.83. The van der Waals surface area contributed by atoms with Crippen molar-refractivity contribution < 1.29 is 4.79 Å². The number of hydrogen-bond donors (Lipinski definition) is 0. The van der Waals surface area contributed by atoms with Crippen molar-refractivity contribution in [2.24, 2.45) is 11.8 Å². The van der Waals surface area contributed by atoms with E-state index in [4.69, 9.17) is 0 Å². The molecule has 1 aliphatic rings. The van der Waals surface area contributed by atoms with Crippen molar-refractivity contribution in [3.8, 4) is 0 Å². The minimum atomic E-state index is 0.255. The van der Waals surface area contributed by atoms with Crippen LogP contribution in [0.1, 0.15) is 38.2 Å². The lowest BCUT2D eigenvalue weighted by Gasteiger charge is -2.20. The minimum absolute atomic E-state index is 0.255. The predicted molar refractivity (Wildman–Crippen MR) is 66.3 cm³/mol. The molecule has 0 heterocycles. The fraction of sp³-hybridized carbons (Fsp3) is 0.533. The molecule has 1 fully saturated rings. The molecule has 1 unspecified atom stereocenters. The zero-order valence-electron chi connectivity index (χ0n) is 9.99. The molecule has 0 radical (unpaired) electrons. The fourth-order valence-corrected chi connectivity index (χ4v) is 2.87. The first kappa shape index (κ1) is 11.4. The molecule has 1 atom stereocenters. The summed E-state index contributed by atoms with van der Waals surface area (Å²) in [5, 5.41) is 0. The molecule has 1 aromatic rings. The Balaban J connectivity index is 2.05. The largest absolute Gasteiger partial charge is 0.300 e. The summed E-state index contributed by atoms with van der Waals surface area (Å²) in [6, 6.07) is 10.4. The van der Waals surface area contributed by atoms with E-state index < -0.39 is 0 Å². The smallest absolute Gasteiger partial charge is 0.133 e. The maximum atomic E-state index is 11.7. The van der Waals surface area contributed by atoms with E-state index in [1.54, 1.807) is 6.92 Å². The summed E-state index contributed by atoms with van der Waals surface area (Å²) in [6.45, 7) is 1.76. The van der Waals surface area contributed by atoms with E-state index in [1.807, 2.05) is 6.07 Å². The average molecular weight is 216 g/mol. The highest BCUT2D eigenvalue weighted by atomic mass is 16.1. The van der Waals surface area contributed by atoms with Gasteiger partial charge in [0.2, 0.25) is 0 Å². The lowest BCUT2D eigenvalue weighted by Crippen LogP contribution is -2.22. The molecule has 0 aromatic heterocycles. The SMILES string of the molecule is CC(=O)C(Cc1ccccc1)C1CCCC1. The van der Waals surface area contributed by atoms with Crippen LogP contribution in [-0.2, 0) is 11.2 Å². The fourth-order valence-electron chi connectivity index (χ4n) is 2.87. The molecule has 1 saturated carbocycles. The maximum Gasteiger partial charge on any atom is 0.133 e. The van der Waals surface area contributed by atoms with Gasteiger partial charge in [-0.2, -0.15) is 0 Å². The summed E-state index contributed by atoms with van der Waals surface area (Å²) in [5.74, 6) is 1.26. The molecular formula is C15H20O. The van der Waals surface area contributed by atoms with Gasteiger partial charge in [0.25, 0.3) is 0 Å².